The lowest BCUT2D eigenvalue weighted by Crippen LogP contribution is -2.34. The van der Waals surface area contributed by atoms with Gasteiger partial charge in [-0.15, -0.1) is 6.58 Å². The van der Waals surface area contributed by atoms with E-state index in [1.54, 1.807) is 13.0 Å². The standard InChI is InChI=1S/C11H13N3O3/c1-3-7(2)13-11(17)14-8-4-5-9(10(15)16)12-6-8/h3-7H,1H2,2H3,(H,15,16)(H2,13,14,17). The maximum atomic E-state index is 11.4. The van der Waals surface area contributed by atoms with Crippen molar-refractivity contribution in [3.63, 3.8) is 0 Å². The van der Waals surface area contributed by atoms with Crippen LogP contribution in [0.1, 0.15) is 17.4 Å². The zero-order chi connectivity index (χ0) is 12.8. The molecule has 1 aromatic heterocycles. The highest BCUT2D eigenvalue weighted by Gasteiger charge is 2.06. The van der Waals surface area contributed by atoms with E-state index in [9.17, 15) is 9.59 Å². The lowest BCUT2D eigenvalue weighted by atomic mass is 10.3. The van der Waals surface area contributed by atoms with E-state index in [-0.39, 0.29) is 11.7 Å². The minimum absolute atomic E-state index is 0.0737. The Morgan fingerprint density at radius 2 is 2.24 bits per heavy atom. The summed E-state index contributed by atoms with van der Waals surface area (Å²) in [5.74, 6) is -1.11. The number of pyridine rings is 1. The first-order valence-electron chi connectivity index (χ1n) is 4.92. The zero-order valence-electron chi connectivity index (χ0n) is 9.30. The third-order valence-corrected chi connectivity index (χ3v) is 1.95. The average molecular weight is 235 g/mol. The number of carboxylic acids is 1. The lowest BCUT2D eigenvalue weighted by Gasteiger charge is -2.10. The smallest absolute Gasteiger partial charge is 0.354 e. The largest absolute Gasteiger partial charge is 0.477 e. The van der Waals surface area contributed by atoms with Crippen molar-refractivity contribution in [2.24, 2.45) is 0 Å². The number of hydrogen-bond donors (Lipinski definition) is 3. The van der Waals surface area contributed by atoms with Gasteiger partial charge in [-0.05, 0) is 19.1 Å². The van der Waals surface area contributed by atoms with Crippen molar-refractivity contribution in [1.82, 2.24) is 10.3 Å². The summed E-state index contributed by atoms with van der Waals surface area (Å²) in [6, 6.07) is 2.23. The number of rotatable bonds is 4. The number of nitrogens with one attached hydrogen (secondary N) is 2. The molecule has 1 atom stereocenters. The first kappa shape index (κ1) is 12.7. The van der Waals surface area contributed by atoms with Gasteiger partial charge in [0.2, 0.25) is 0 Å². The van der Waals surface area contributed by atoms with Crippen LogP contribution in [0, 0.1) is 0 Å². The van der Waals surface area contributed by atoms with E-state index in [1.807, 2.05) is 0 Å². The number of carbonyl (C=O) groups excluding carboxylic acids is 1. The van der Waals surface area contributed by atoms with Crippen LogP contribution in [-0.2, 0) is 0 Å². The second-order valence-electron chi connectivity index (χ2n) is 3.36. The molecule has 0 spiro atoms. The van der Waals surface area contributed by atoms with Gasteiger partial charge in [0.15, 0.2) is 0 Å². The number of aromatic carboxylic acids is 1. The Hall–Kier alpha value is -2.37. The van der Waals surface area contributed by atoms with Crippen LogP contribution < -0.4 is 10.6 Å². The summed E-state index contributed by atoms with van der Waals surface area (Å²) >= 11 is 0. The molecule has 1 rings (SSSR count). The summed E-state index contributed by atoms with van der Waals surface area (Å²) in [5.41, 5.74) is 0.346. The molecule has 6 nitrogen and oxygen atoms in total. The van der Waals surface area contributed by atoms with Crippen LogP contribution in [0.2, 0.25) is 0 Å². The van der Waals surface area contributed by atoms with Crippen LogP contribution in [0.25, 0.3) is 0 Å². The second-order valence-corrected chi connectivity index (χ2v) is 3.36. The van der Waals surface area contributed by atoms with Crippen LogP contribution in [0.3, 0.4) is 0 Å². The monoisotopic (exact) mass is 235 g/mol. The van der Waals surface area contributed by atoms with E-state index in [4.69, 9.17) is 5.11 Å². The van der Waals surface area contributed by atoms with E-state index in [1.165, 1.54) is 18.3 Å². The third-order valence-electron chi connectivity index (χ3n) is 1.95. The Bertz CT molecular complexity index is 428. The molecule has 0 bridgehead atoms. The highest BCUT2D eigenvalue weighted by Crippen LogP contribution is 2.05. The zero-order valence-corrected chi connectivity index (χ0v) is 9.30. The Morgan fingerprint density at radius 3 is 2.71 bits per heavy atom. The van der Waals surface area contributed by atoms with Gasteiger partial charge in [0.1, 0.15) is 5.69 Å². The van der Waals surface area contributed by atoms with Crippen LogP contribution in [-0.4, -0.2) is 28.1 Å². The third kappa shape index (κ3) is 3.94. The van der Waals surface area contributed by atoms with Crippen molar-refractivity contribution < 1.29 is 14.7 Å². The summed E-state index contributed by atoms with van der Waals surface area (Å²) in [5, 5.41) is 13.8. The van der Waals surface area contributed by atoms with E-state index >= 15 is 0 Å². The number of anilines is 1. The van der Waals surface area contributed by atoms with Gasteiger partial charge in [-0.1, -0.05) is 6.08 Å². The summed E-state index contributed by atoms with van der Waals surface area (Å²) in [6.45, 7) is 5.31. The Balaban J connectivity index is 2.60. The molecule has 1 unspecified atom stereocenters. The molecule has 0 saturated heterocycles. The molecule has 1 heterocycles. The predicted octanol–water partition coefficient (Wildman–Crippen LogP) is 1.48. The molecular weight excluding hydrogens is 222 g/mol. The quantitative estimate of drug-likeness (QED) is 0.689. The van der Waals surface area contributed by atoms with E-state index < -0.39 is 12.0 Å². The fourth-order valence-electron chi connectivity index (χ4n) is 1.03. The number of nitrogens with zero attached hydrogens (tertiary/aromatic N) is 1. The Morgan fingerprint density at radius 1 is 1.53 bits per heavy atom. The molecule has 0 radical (unpaired) electrons. The number of carbonyl (C=O) groups is 2. The molecule has 0 saturated carbocycles. The Kier molecular flexibility index (Phi) is 4.21. The van der Waals surface area contributed by atoms with Gasteiger partial charge in [0.05, 0.1) is 11.9 Å². The molecule has 17 heavy (non-hydrogen) atoms. The predicted molar refractivity (Wildman–Crippen MR) is 63.0 cm³/mol. The fourth-order valence-corrected chi connectivity index (χ4v) is 1.03. The molecule has 0 aliphatic rings. The van der Waals surface area contributed by atoms with E-state index in [2.05, 4.69) is 22.2 Å². The first-order valence-corrected chi connectivity index (χ1v) is 4.92. The van der Waals surface area contributed by atoms with Crippen molar-refractivity contribution in [2.75, 3.05) is 5.32 Å². The Labute approximate surface area is 98.4 Å². The SMILES string of the molecule is C=CC(C)NC(=O)Nc1ccc(C(=O)O)nc1. The molecule has 0 aliphatic heterocycles. The summed E-state index contributed by atoms with van der Waals surface area (Å²) in [4.78, 5) is 25.6. The van der Waals surface area contributed by atoms with Gasteiger partial charge in [0.25, 0.3) is 0 Å². The highest BCUT2D eigenvalue weighted by atomic mass is 16.4. The number of carboxylic acid groups (broad SMARTS) is 1. The van der Waals surface area contributed by atoms with Crippen LogP contribution >= 0.6 is 0 Å². The highest BCUT2D eigenvalue weighted by molar-refractivity contribution is 5.90. The van der Waals surface area contributed by atoms with Crippen molar-refractivity contribution in [3.05, 3.63) is 36.7 Å². The van der Waals surface area contributed by atoms with E-state index in [0.29, 0.717) is 5.69 Å². The van der Waals surface area contributed by atoms with Gasteiger partial charge in [-0.25, -0.2) is 14.6 Å². The van der Waals surface area contributed by atoms with Crippen molar-refractivity contribution in [1.29, 1.82) is 0 Å². The molecule has 90 valence electrons. The van der Waals surface area contributed by atoms with Gasteiger partial charge in [-0.2, -0.15) is 0 Å². The molecule has 0 aromatic carbocycles. The summed E-state index contributed by atoms with van der Waals surface area (Å²) in [7, 11) is 0. The molecule has 6 heteroatoms. The van der Waals surface area contributed by atoms with Crippen LogP contribution in [0.4, 0.5) is 10.5 Å². The number of amides is 2. The maximum absolute atomic E-state index is 11.4. The minimum atomic E-state index is -1.11. The van der Waals surface area contributed by atoms with E-state index in [0.717, 1.165) is 0 Å². The molecular formula is C11H13N3O3. The van der Waals surface area contributed by atoms with Gasteiger partial charge >= 0.3 is 12.0 Å². The summed E-state index contributed by atoms with van der Waals surface area (Å²) in [6.07, 6.45) is 2.87. The minimum Gasteiger partial charge on any atom is -0.477 e. The number of aromatic nitrogens is 1. The molecule has 2 amide bonds. The van der Waals surface area contributed by atoms with Crippen LogP contribution in [0.15, 0.2) is 31.0 Å². The molecule has 3 N–H and O–H groups in total. The van der Waals surface area contributed by atoms with Crippen molar-refractivity contribution in [3.8, 4) is 0 Å². The molecule has 1 aromatic rings. The molecule has 0 aliphatic carbocycles. The van der Waals surface area contributed by atoms with Crippen molar-refractivity contribution >= 4 is 17.7 Å². The topological polar surface area (TPSA) is 91.3 Å². The molecule has 0 fully saturated rings. The van der Waals surface area contributed by atoms with Crippen molar-refractivity contribution in [2.45, 2.75) is 13.0 Å². The number of urea groups is 1. The maximum Gasteiger partial charge on any atom is 0.354 e. The normalized spacial score (nSPS) is 11.4. The van der Waals surface area contributed by atoms with Gasteiger partial charge in [-0.3, -0.25) is 0 Å². The fraction of sp³-hybridized carbons (Fsp3) is 0.182. The average Bonchev–Trinajstić information content (AvgIpc) is 2.29. The first-order chi connectivity index (χ1) is 8.02. The van der Waals surface area contributed by atoms with Gasteiger partial charge < -0.3 is 15.7 Å². The second kappa shape index (κ2) is 5.64. The lowest BCUT2D eigenvalue weighted by molar-refractivity contribution is 0.0690. The van der Waals surface area contributed by atoms with Gasteiger partial charge in [0, 0.05) is 6.04 Å². The number of hydrogen-bond acceptors (Lipinski definition) is 3. The van der Waals surface area contributed by atoms with Crippen LogP contribution in [0.5, 0.6) is 0 Å². The summed E-state index contributed by atoms with van der Waals surface area (Å²) < 4.78 is 0.